The molecule has 3 rings (SSSR count). The van der Waals surface area contributed by atoms with Crippen molar-refractivity contribution in [1.82, 2.24) is 0 Å². The van der Waals surface area contributed by atoms with E-state index >= 15 is 0 Å². The molecule has 1 aliphatic heterocycles. The Morgan fingerprint density at radius 1 is 1.13 bits per heavy atom. The summed E-state index contributed by atoms with van der Waals surface area (Å²) in [5, 5.41) is 0. The first kappa shape index (κ1) is 15.7. The average Bonchev–Trinajstić information content (AvgIpc) is 2.59. The summed E-state index contributed by atoms with van der Waals surface area (Å²) in [6.45, 7) is 2.03. The SMILES string of the molecule is C[C@@H]1[C@@H](Br)C(=O)c2ccccc2N1C(=O)OCc1ccccc1. The lowest BCUT2D eigenvalue weighted by Crippen LogP contribution is -2.50. The van der Waals surface area contributed by atoms with E-state index in [0.717, 1.165) is 5.56 Å². The molecule has 23 heavy (non-hydrogen) atoms. The number of hydrogen-bond donors (Lipinski definition) is 0. The number of hydrogen-bond acceptors (Lipinski definition) is 3. The highest BCUT2D eigenvalue weighted by Gasteiger charge is 2.39. The number of alkyl halides is 1. The summed E-state index contributed by atoms with van der Waals surface area (Å²) in [6, 6.07) is 16.3. The van der Waals surface area contributed by atoms with Gasteiger partial charge in [-0.05, 0) is 24.6 Å². The van der Waals surface area contributed by atoms with Crippen LogP contribution in [0.3, 0.4) is 0 Å². The fourth-order valence-corrected chi connectivity index (χ4v) is 3.15. The molecule has 1 aliphatic rings. The van der Waals surface area contributed by atoms with Crippen molar-refractivity contribution in [1.29, 1.82) is 0 Å². The molecule has 0 N–H and O–H groups in total. The molecule has 5 heteroatoms. The number of halogens is 1. The number of carbonyl (C=O) groups excluding carboxylic acids is 2. The van der Waals surface area contributed by atoms with Gasteiger partial charge in [0, 0.05) is 5.56 Å². The van der Waals surface area contributed by atoms with Crippen LogP contribution in [0.25, 0.3) is 0 Å². The van der Waals surface area contributed by atoms with Gasteiger partial charge in [0.25, 0.3) is 0 Å². The lowest BCUT2D eigenvalue weighted by atomic mass is 9.96. The maximum Gasteiger partial charge on any atom is 0.414 e. The molecule has 0 saturated carbocycles. The molecule has 0 radical (unpaired) electrons. The first-order valence-electron chi connectivity index (χ1n) is 7.37. The summed E-state index contributed by atoms with van der Waals surface area (Å²) in [5.41, 5.74) is 2.05. The largest absolute Gasteiger partial charge is 0.444 e. The number of para-hydroxylation sites is 1. The first-order chi connectivity index (χ1) is 11.1. The maximum atomic E-state index is 12.6. The van der Waals surface area contributed by atoms with Crippen LogP contribution in [-0.2, 0) is 11.3 Å². The number of nitrogens with zero attached hydrogens (tertiary/aromatic N) is 1. The molecule has 0 fully saturated rings. The van der Waals surface area contributed by atoms with Crippen molar-refractivity contribution in [2.24, 2.45) is 0 Å². The van der Waals surface area contributed by atoms with Gasteiger partial charge >= 0.3 is 6.09 Å². The fraction of sp³-hybridized carbons (Fsp3) is 0.222. The third kappa shape index (κ3) is 3.01. The molecule has 0 aromatic heterocycles. The smallest absolute Gasteiger partial charge is 0.414 e. The molecule has 1 heterocycles. The van der Waals surface area contributed by atoms with Crippen LogP contribution < -0.4 is 4.90 Å². The summed E-state index contributed by atoms with van der Waals surface area (Å²) >= 11 is 3.39. The van der Waals surface area contributed by atoms with Crippen LogP contribution in [0.15, 0.2) is 54.6 Å². The maximum absolute atomic E-state index is 12.6. The Balaban J connectivity index is 1.84. The molecular formula is C18H16BrNO3. The summed E-state index contributed by atoms with van der Waals surface area (Å²) in [7, 11) is 0. The van der Waals surface area contributed by atoms with E-state index in [1.807, 2.05) is 43.3 Å². The molecule has 0 aliphatic carbocycles. The Bertz CT molecular complexity index is 732. The molecule has 2 aromatic rings. The van der Waals surface area contributed by atoms with E-state index in [1.54, 1.807) is 23.1 Å². The quantitative estimate of drug-likeness (QED) is 0.741. The van der Waals surface area contributed by atoms with E-state index in [-0.39, 0.29) is 18.4 Å². The zero-order valence-electron chi connectivity index (χ0n) is 12.6. The van der Waals surface area contributed by atoms with E-state index in [9.17, 15) is 9.59 Å². The molecule has 0 saturated heterocycles. The lowest BCUT2D eigenvalue weighted by Gasteiger charge is -2.36. The van der Waals surface area contributed by atoms with Gasteiger partial charge in [0.05, 0.1) is 16.6 Å². The van der Waals surface area contributed by atoms with Crippen molar-refractivity contribution >= 4 is 33.5 Å². The van der Waals surface area contributed by atoms with Gasteiger partial charge in [-0.15, -0.1) is 0 Å². The molecule has 2 atom stereocenters. The first-order valence-corrected chi connectivity index (χ1v) is 8.28. The van der Waals surface area contributed by atoms with Crippen molar-refractivity contribution in [3.8, 4) is 0 Å². The summed E-state index contributed by atoms with van der Waals surface area (Å²) < 4.78 is 5.43. The summed E-state index contributed by atoms with van der Waals surface area (Å²) in [4.78, 5) is 26.0. The molecule has 0 unspecified atom stereocenters. The van der Waals surface area contributed by atoms with Gasteiger partial charge < -0.3 is 4.74 Å². The zero-order valence-corrected chi connectivity index (χ0v) is 14.2. The van der Waals surface area contributed by atoms with Crippen molar-refractivity contribution in [2.75, 3.05) is 4.90 Å². The van der Waals surface area contributed by atoms with Crippen LogP contribution in [0.1, 0.15) is 22.8 Å². The third-order valence-corrected chi connectivity index (χ3v) is 5.09. The summed E-state index contributed by atoms with van der Waals surface area (Å²) in [6.07, 6.45) is -0.453. The van der Waals surface area contributed by atoms with Gasteiger partial charge in [0.1, 0.15) is 6.61 Å². The van der Waals surface area contributed by atoms with Crippen molar-refractivity contribution in [2.45, 2.75) is 24.4 Å². The minimum absolute atomic E-state index is 0.0137. The fourth-order valence-electron chi connectivity index (χ4n) is 2.66. The minimum Gasteiger partial charge on any atom is -0.444 e. The van der Waals surface area contributed by atoms with Crippen LogP contribution in [0.5, 0.6) is 0 Å². The minimum atomic E-state index is -0.453. The van der Waals surface area contributed by atoms with Crippen LogP contribution in [0.2, 0.25) is 0 Å². The number of Topliss-reactive ketones (excluding diaryl/α,β-unsaturated/α-hetero) is 1. The number of ketones is 1. The Morgan fingerprint density at radius 2 is 1.78 bits per heavy atom. The highest BCUT2D eigenvalue weighted by Crippen LogP contribution is 2.34. The highest BCUT2D eigenvalue weighted by molar-refractivity contribution is 9.10. The second-order valence-corrected chi connectivity index (χ2v) is 6.42. The predicted molar refractivity (Wildman–Crippen MR) is 92.1 cm³/mol. The van der Waals surface area contributed by atoms with Gasteiger partial charge in [-0.1, -0.05) is 58.4 Å². The van der Waals surface area contributed by atoms with E-state index in [1.165, 1.54) is 0 Å². The van der Waals surface area contributed by atoms with Crippen LogP contribution in [-0.4, -0.2) is 22.7 Å². The Hall–Kier alpha value is -2.14. The molecule has 0 spiro atoms. The number of amides is 1. The van der Waals surface area contributed by atoms with Crippen LogP contribution >= 0.6 is 15.9 Å². The van der Waals surface area contributed by atoms with Gasteiger partial charge in [0.15, 0.2) is 5.78 Å². The van der Waals surface area contributed by atoms with Gasteiger partial charge in [-0.3, -0.25) is 9.69 Å². The van der Waals surface area contributed by atoms with Gasteiger partial charge in [-0.2, -0.15) is 0 Å². The summed E-state index contributed by atoms with van der Waals surface area (Å²) in [5.74, 6) is -0.0137. The number of ether oxygens (including phenoxy) is 1. The second kappa shape index (κ2) is 6.54. The molecule has 118 valence electrons. The number of carbonyl (C=O) groups is 2. The molecular weight excluding hydrogens is 358 g/mol. The number of fused-ring (bicyclic) bond motifs is 1. The predicted octanol–water partition coefficient (Wildman–Crippen LogP) is 4.18. The van der Waals surface area contributed by atoms with E-state index < -0.39 is 10.9 Å². The Labute approximate surface area is 143 Å². The monoisotopic (exact) mass is 373 g/mol. The topological polar surface area (TPSA) is 46.6 Å². The van der Waals surface area contributed by atoms with Crippen LogP contribution in [0.4, 0.5) is 10.5 Å². The van der Waals surface area contributed by atoms with Gasteiger partial charge in [-0.25, -0.2) is 4.79 Å². The average molecular weight is 374 g/mol. The zero-order chi connectivity index (χ0) is 16.4. The van der Waals surface area contributed by atoms with Gasteiger partial charge in [0.2, 0.25) is 0 Å². The Morgan fingerprint density at radius 3 is 2.52 bits per heavy atom. The number of anilines is 1. The second-order valence-electron chi connectivity index (χ2n) is 5.43. The third-order valence-electron chi connectivity index (χ3n) is 3.91. The normalized spacial score (nSPS) is 20.1. The number of rotatable bonds is 2. The number of benzene rings is 2. The van der Waals surface area contributed by atoms with E-state index in [4.69, 9.17) is 4.74 Å². The lowest BCUT2D eigenvalue weighted by molar-refractivity contribution is 0.0974. The molecule has 4 nitrogen and oxygen atoms in total. The molecule has 1 amide bonds. The molecule has 0 bridgehead atoms. The van der Waals surface area contributed by atoms with Crippen LogP contribution in [0, 0.1) is 0 Å². The van der Waals surface area contributed by atoms with Crippen molar-refractivity contribution in [3.63, 3.8) is 0 Å². The highest BCUT2D eigenvalue weighted by atomic mass is 79.9. The standard InChI is InChI=1S/C18H16BrNO3/c1-12-16(19)17(21)14-9-5-6-10-15(14)20(12)18(22)23-11-13-7-3-2-4-8-13/h2-10,12,16H,11H2,1H3/t12-,16-/m1/s1. The van der Waals surface area contributed by atoms with Crippen molar-refractivity contribution in [3.05, 3.63) is 65.7 Å². The Kier molecular flexibility index (Phi) is 4.48. The van der Waals surface area contributed by atoms with E-state index in [0.29, 0.717) is 11.3 Å². The van der Waals surface area contributed by atoms with Crippen molar-refractivity contribution < 1.29 is 14.3 Å². The van der Waals surface area contributed by atoms with E-state index in [2.05, 4.69) is 15.9 Å². The molecule has 2 aromatic carbocycles.